The Kier molecular flexibility index (Phi) is 6.58. The second-order valence-electron chi connectivity index (χ2n) is 8.56. The first kappa shape index (κ1) is 22.0. The quantitative estimate of drug-likeness (QED) is 0.658. The fourth-order valence-electron chi connectivity index (χ4n) is 5.01. The summed E-state index contributed by atoms with van der Waals surface area (Å²) in [4.78, 5) is 50.2. The molecular formula is C24H28N2O6. The SMILES string of the molecule is CCOC(=O)C1=C(COC(=O)C2C[C@H]3CCC[C@@H](C2)C3=O)NC(=O)N[C@H]1c1ccccc1. The van der Waals surface area contributed by atoms with Gasteiger partial charge in [-0.15, -0.1) is 0 Å². The van der Waals surface area contributed by atoms with Gasteiger partial charge in [-0.1, -0.05) is 36.8 Å². The number of benzene rings is 1. The molecule has 32 heavy (non-hydrogen) atoms. The standard InChI is InChI=1S/C24H28N2O6/c1-2-31-23(29)19-18(25-24(30)26-20(19)14-7-4-3-5-8-14)13-32-22(28)17-11-15-9-6-10-16(12-17)21(15)27/h3-5,7-8,15-17,20H,2,6,9-13H2,1H3,(H2,25,26,30)/t15-,16+,17?,20-/m0/s1. The summed E-state index contributed by atoms with van der Waals surface area (Å²) in [6.45, 7) is 1.62. The van der Waals surface area contributed by atoms with Crippen LogP contribution in [0.1, 0.15) is 50.6 Å². The third kappa shape index (κ3) is 4.54. The van der Waals surface area contributed by atoms with Gasteiger partial charge in [0.25, 0.3) is 0 Å². The Labute approximate surface area is 186 Å². The molecule has 0 radical (unpaired) electrons. The fraction of sp³-hybridized carbons (Fsp3) is 0.500. The minimum absolute atomic E-state index is 0.0598. The Balaban J connectivity index is 1.53. The molecule has 1 aromatic rings. The van der Waals surface area contributed by atoms with Crippen LogP contribution < -0.4 is 10.6 Å². The molecule has 1 heterocycles. The van der Waals surface area contributed by atoms with Gasteiger partial charge >= 0.3 is 18.0 Å². The van der Waals surface area contributed by atoms with Crippen LogP contribution in [-0.4, -0.2) is 37.0 Å². The predicted molar refractivity (Wildman–Crippen MR) is 114 cm³/mol. The highest BCUT2D eigenvalue weighted by molar-refractivity contribution is 5.95. The summed E-state index contributed by atoms with van der Waals surface area (Å²) in [5.41, 5.74) is 1.13. The van der Waals surface area contributed by atoms with Crippen molar-refractivity contribution in [1.29, 1.82) is 0 Å². The first-order valence-corrected chi connectivity index (χ1v) is 11.2. The number of esters is 2. The summed E-state index contributed by atoms with van der Waals surface area (Å²) in [6, 6.07) is 7.86. The lowest BCUT2D eigenvalue weighted by Crippen LogP contribution is -2.47. The number of amides is 2. The maximum Gasteiger partial charge on any atom is 0.338 e. The smallest absolute Gasteiger partial charge is 0.338 e. The van der Waals surface area contributed by atoms with Gasteiger partial charge in [-0.25, -0.2) is 9.59 Å². The summed E-state index contributed by atoms with van der Waals surface area (Å²) in [5.74, 6) is -1.15. The van der Waals surface area contributed by atoms with Crippen molar-refractivity contribution in [2.24, 2.45) is 17.8 Å². The van der Waals surface area contributed by atoms with Crippen LogP contribution in [-0.2, 0) is 23.9 Å². The number of urea groups is 1. The Morgan fingerprint density at radius 3 is 2.38 bits per heavy atom. The molecule has 2 N–H and O–H groups in total. The highest BCUT2D eigenvalue weighted by atomic mass is 16.5. The molecule has 2 amide bonds. The molecule has 3 aliphatic rings. The number of hydrogen-bond acceptors (Lipinski definition) is 6. The van der Waals surface area contributed by atoms with E-state index in [1.165, 1.54) is 0 Å². The van der Waals surface area contributed by atoms with Gasteiger partial charge in [-0.3, -0.25) is 9.59 Å². The number of carbonyl (C=O) groups excluding carboxylic acids is 4. The number of rotatable bonds is 6. The van der Waals surface area contributed by atoms with Crippen molar-refractivity contribution in [2.75, 3.05) is 13.2 Å². The zero-order valence-corrected chi connectivity index (χ0v) is 18.1. The highest BCUT2D eigenvalue weighted by Gasteiger charge is 2.42. The maximum atomic E-state index is 12.8. The van der Waals surface area contributed by atoms with Gasteiger partial charge in [0.05, 0.1) is 29.8 Å². The number of ketones is 1. The van der Waals surface area contributed by atoms with E-state index in [-0.39, 0.29) is 48.0 Å². The number of fused-ring (bicyclic) bond motifs is 2. The highest BCUT2D eigenvalue weighted by Crippen LogP contribution is 2.40. The van der Waals surface area contributed by atoms with E-state index in [2.05, 4.69) is 10.6 Å². The normalized spacial score (nSPS) is 27.3. The van der Waals surface area contributed by atoms with Crippen molar-refractivity contribution in [1.82, 2.24) is 10.6 Å². The van der Waals surface area contributed by atoms with E-state index in [1.807, 2.05) is 18.2 Å². The van der Waals surface area contributed by atoms with E-state index in [1.54, 1.807) is 19.1 Å². The van der Waals surface area contributed by atoms with Crippen molar-refractivity contribution in [3.8, 4) is 0 Å². The largest absolute Gasteiger partial charge is 0.463 e. The summed E-state index contributed by atoms with van der Waals surface area (Å²) >= 11 is 0. The van der Waals surface area contributed by atoms with Crippen molar-refractivity contribution >= 4 is 23.8 Å². The monoisotopic (exact) mass is 440 g/mol. The molecule has 2 aliphatic carbocycles. The van der Waals surface area contributed by atoms with Gasteiger partial charge in [0.15, 0.2) is 0 Å². The van der Waals surface area contributed by atoms with Gasteiger partial charge in [-0.05, 0) is 38.2 Å². The van der Waals surface area contributed by atoms with E-state index >= 15 is 0 Å². The minimum Gasteiger partial charge on any atom is -0.463 e. The molecule has 8 heteroatoms. The van der Waals surface area contributed by atoms with Crippen LogP contribution in [0.25, 0.3) is 0 Å². The molecule has 1 aromatic carbocycles. The number of carbonyl (C=O) groups is 4. The number of nitrogens with one attached hydrogen (secondary N) is 2. The third-order valence-corrected chi connectivity index (χ3v) is 6.52. The summed E-state index contributed by atoms with van der Waals surface area (Å²) in [5, 5.41) is 5.36. The minimum atomic E-state index is -0.718. The predicted octanol–water partition coefficient (Wildman–Crippen LogP) is 2.80. The zero-order valence-electron chi connectivity index (χ0n) is 18.1. The van der Waals surface area contributed by atoms with Crippen molar-refractivity contribution < 1.29 is 28.7 Å². The Morgan fingerprint density at radius 1 is 1.03 bits per heavy atom. The molecule has 8 nitrogen and oxygen atoms in total. The number of ether oxygens (including phenoxy) is 2. The van der Waals surface area contributed by atoms with Crippen LogP contribution >= 0.6 is 0 Å². The van der Waals surface area contributed by atoms with Gasteiger partial charge < -0.3 is 20.1 Å². The molecule has 2 saturated carbocycles. The van der Waals surface area contributed by atoms with Crippen LogP contribution in [0.2, 0.25) is 0 Å². The lowest BCUT2D eigenvalue weighted by Gasteiger charge is -2.36. The third-order valence-electron chi connectivity index (χ3n) is 6.52. The van der Waals surface area contributed by atoms with Gasteiger partial charge in [-0.2, -0.15) is 0 Å². The van der Waals surface area contributed by atoms with Crippen molar-refractivity contribution in [3.05, 3.63) is 47.2 Å². The molecule has 0 saturated heterocycles. The average molecular weight is 440 g/mol. The van der Waals surface area contributed by atoms with Crippen molar-refractivity contribution in [2.45, 2.75) is 45.1 Å². The van der Waals surface area contributed by atoms with Gasteiger partial charge in [0, 0.05) is 11.8 Å². The van der Waals surface area contributed by atoms with Crippen molar-refractivity contribution in [3.63, 3.8) is 0 Å². The molecular weight excluding hydrogens is 412 g/mol. The fourth-order valence-corrected chi connectivity index (χ4v) is 5.01. The molecule has 2 fully saturated rings. The van der Waals surface area contributed by atoms with Crippen LogP contribution in [0.3, 0.4) is 0 Å². The summed E-state index contributed by atoms with van der Waals surface area (Å²) < 4.78 is 10.8. The van der Waals surface area contributed by atoms with Gasteiger partial charge in [0.2, 0.25) is 0 Å². The topological polar surface area (TPSA) is 111 Å². The Morgan fingerprint density at radius 2 is 1.72 bits per heavy atom. The van der Waals surface area contributed by atoms with E-state index in [4.69, 9.17) is 9.47 Å². The second kappa shape index (κ2) is 9.54. The number of Topliss-reactive ketones (excluding diaryl/α,β-unsaturated/α-hetero) is 1. The molecule has 2 bridgehead atoms. The second-order valence-corrected chi connectivity index (χ2v) is 8.56. The first-order chi connectivity index (χ1) is 15.5. The van der Waals surface area contributed by atoms with Crippen LogP contribution in [0.5, 0.6) is 0 Å². The summed E-state index contributed by atoms with van der Waals surface area (Å²) in [7, 11) is 0. The lowest BCUT2D eigenvalue weighted by molar-refractivity contribution is -0.153. The van der Waals surface area contributed by atoms with E-state index in [0.29, 0.717) is 18.4 Å². The van der Waals surface area contributed by atoms with E-state index < -0.39 is 24.0 Å². The molecule has 0 spiro atoms. The van der Waals surface area contributed by atoms with Gasteiger partial charge in [0.1, 0.15) is 12.4 Å². The van der Waals surface area contributed by atoms with Crippen LogP contribution in [0.15, 0.2) is 41.6 Å². The van der Waals surface area contributed by atoms with E-state index in [9.17, 15) is 19.2 Å². The molecule has 170 valence electrons. The molecule has 1 aliphatic heterocycles. The summed E-state index contributed by atoms with van der Waals surface area (Å²) in [6.07, 6.45) is 3.71. The number of hydrogen-bond donors (Lipinski definition) is 2. The molecule has 1 unspecified atom stereocenters. The zero-order chi connectivity index (χ0) is 22.7. The van der Waals surface area contributed by atoms with Crippen LogP contribution in [0.4, 0.5) is 4.79 Å². The molecule has 0 aromatic heterocycles. The molecule has 4 rings (SSSR count). The molecule has 4 atom stereocenters. The Bertz CT molecular complexity index is 925. The Hall–Kier alpha value is -3.16. The maximum absolute atomic E-state index is 12.8. The average Bonchev–Trinajstić information content (AvgIpc) is 2.77. The van der Waals surface area contributed by atoms with E-state index in [0.717, 1.165) is 19.3 Å². The first-order valence-electron chi connectivity index (χ1n) is 11.2. The van der Waals surface area contributed by atoms with Crippen LogP contribution in [0, 0.1) is 17.8 Å². The lowest BCUT2D eigenvalue weighted by atomic mass is 9.67.